The SMILES string of the molecule is O=C(OC1OC(COCc2ccccc2)CC1OCc1ccccc1)c1ccc([N+](=O)[O-])cc1. The van der Waals surface area contributed by atoms with Crippen LogP contribution in [0.4, 0.5) is 5.69 Å². The maximum atomic E-state index is 12.6. The lowest BCUT2D eigenvalue weighted by Crippen LogP contribution is -2.30. The Kier molecular flexibility index (Phi) is 7.98. The summed E-state index contributed by atoms with van der Waals surface area (Å²) in [6.45, 7) is 1.12. The Labute approximate surface area is 197 Å². The summed E-state index contributed by atoms with van der Waals surface area (Å²) in [5, 5.41) is 10.8. The first-order valence-electron chi connectivity index (χ1n) is 11.0. The van der Waals surface area contributed by atoms with E-state index >= 15 is 0 Å². The van der Waals surface area contributed by atoms with Crippen molar-refractivity contribution in [3.63, 3.8) is 0 Å². The molecule has 0 aliphatic carbocycles. The Morgan fingerprint density at radius 2 is 1.53 bits per heavy atom. The Morgan fingerprint density at radius 3 is 2.15 bits per heavy atom. The van der Waals surface area contributed by atoms with Gasteiger partial charge in [-0.15, -0.1) is 0 Å². The maximum absolute atomic E-state index is 12.6. The fraction of sp³-hybridized carbons (Fsp3) is 0.269. The standard InChI is InChI=1S/C26H25NO7/c28-25(21-11-13-22(14-12-21)27(29)30)34-26-24(32-17-20-9-5-2-6-10-20)15-23(33-26)18-31-16-19-7-3-1-4-8-19/h1-14,23-24,26H,15-18H2. The zero-order chi connectivity index (χ0) is 23.8. The molecule has 1 aliphatic rings. The van der Waals surface area contributed by atoms with Crippen LogP contribution >= 0.6 is 0 Å². The second-order valence-electron chi connectivity index (χ2n) is 7.91. The summed E-state index contributed by atoms with van der Waals surface area (Å²) in [6.07, 6.45) is -1.21. The van der Waals surface area contributed by atoms with Crippen molar-refractivity contribution in [3.05, 3.63) is 112 Å². The zero-order valence-electron chi connectivity index (χ0n) is 18.4. The van der Waals surface area contributed by atoms with E-state index in [0.717, 1.165) is 11.1 Å². The number of hydrogen-bond donors (Lipinski definition) is 0. The summed E-state index contributed by atoms with van der Waals surface area (Å²) in [7, 11) is 0. The van der Waals surface area contributed by atoms with E-state index in [1.165, 1.54) is 24.3 Å². The van der Waals surface area contributed by atoms with Crippen LogP contribution in [0.15, 0.2) is 84.9 Å². The Morgan fingerprint density at radius 1 is 0.912 bits per heavy atom. The van der Waals surface area contributed by atoms with Gasteiger partial charge in [0, 0.05) is 18.6 Å². The lowest BCUT2D eigenvalue weighted by Gasteiger charge is -2.19. The number of non-ortho nitro benzene ring substituents is 1. The highest BCUT2D eigenvalue weighted by molar-refractivity contribution is 5.89. The van der Waals surface area contributed by atoms with E-state index in [2.05, 4.69) is 0 Å². The van der Waals surface area contributed by atoms with Gasteiger partial charge in [-0.05, 0) is 23.3 Å². The van der Waals surface area contributed by atoms with Crippen molar-refractivity contribution < 1.29 is 28.7 Å². The van der Waals surface area contributed by atoms with Gasteiger partial charge < -0.3 is 18.9 Å². The van der Waals surface area contributed by atoms with Gasteiger partial charge in [0.1, 0.15) is 6.10 Å². The molecule has 3 aromatic rings. The number of hydrogen-bond acceptors (Lipinski definition) is 7. The Balaban J connectivity index is 1.37. The third-order valence-electron chi connectivity index (χ3n) is 5.38. The molecule has 0 bridgehead atoms. The quantitative estimate of drug-likeness (QED) is 0.245. The van der Waals surface area contributed by atoms with Gasteiger partial charge in [0.05, 0.1) is 36.4 Å². The van der Waals surface area contributed by atoms with Crippen LogP contribution in [0.25, 0.3) is 0 Å². The number of nitro benzene ring substituents is 1. The molecule has 0 saturated carbocycles. The molecular formula is C26H25NO7. The van der Waals surface area contributed by atoms with Gasteiger partial charge in [-0.3, -0.25) is 10.1 Å². The number of carbonyl (C=O) groups excluding carboxylic acids is 1. The van der Waals surface area contributed by atoms with Gasteiger partial charge in [-0.25, -0.2) is 4.79 Å². The van der Waals surface area contributed by atoms with Crippen LogP contribution in [0.3, 0.4) is 0 Å². The average molecular weight is 463 g/mol. The Bertz CT molecular complexity index is 1070. The van der Waals surface area contributed by atoms with Crippen LogP contribution < -0.4 is 0 Å². The number of rotatable bonds is 10. The molecule has 0 radical (unpaired) electrons. The van der Waals surface area contributed by atoms with E-state index in [9.17, 15) is 14.9 Å². The number of ether oxygens (including phenoxy) is 4. The van der Waals surface area contributed by atoms with Gasteiger partial charge in [0.2, 0.25) is 6.29 Å². The van der Waals surface area contributed by atoms with Crippen molar-refractivity contribution >= 4 is 11.7 Å². The van der Waals surface area contributed by atoms with Crippen molar-refractivity contribution in [1.29, 1.82) is 0 Å². The monoisotopic (exact) mass is 463 g/mol. The van der Waals surface area contributed by atoms with Crippen molar-refractivity contribution in [1.82, 2.24) is 0 Å². The van der Waals surface area contributed by atoms with Crippen LogP contribution in [0.5, 0.6) is 0 Å². The molecule has 0 aromatic heterocycles. The van der Waals surface area contributed by atoms with E-state index in [0.29, 0.717) is 26.2 Å². The van der Waals surface area contributed by atoms with Crippen LogP contribution in [0.1, 0.15) is 27.9 Å². The first-order valence-corrected chi connectivity index (χ1v) is 11.0. The maximum Gasteiger partial charge on any atom is 0.340 e. The van der Waals surface area contributed by atoms with Gasteiger partial charge in [0.15, 0.2) is 0 Å². The van der Waals surface area contributed by atoms with Crippen LogP contribution in [0.2, 0.25) is 0 Å². The summed E-state index contributed by atoms with van der Waals surface area (Å²) in [4.78, 5) is 23.0. The minimum Gasteiger partial charge on any atom is -0.429 e. The lowest BCUT2D eigenvalue weighted by atomic mass is 10.2. The molecule has 8 nitrogen and oxygen atoms in total. The number of nitro groups is 1. The smallest absolute Gasteiger partial charge is 0.340 e. The van der Waals surface area contributed by atoms with E-state index in [4.69, 9.17) is 18.9 Å². The molecule has 176 valence electrons. The van der Waals surface area contributed by atoms with Crippen molar-refractivity contribution in [2.75, 3.05) is 6.61 Å². The number of nitrogens with zero attached hydrogens (tertiary/aromatic N) is 1. The van der Waals surface area contributed by atoms with E-state index in [1.807, 2.05) is 60.7 Å². The molecule has 1 saturated heterocycles. The van der Waals surface area contributed by atoms with Gasteiger partial charge in [-0.2, -0.15) is 0 Å². The van der Waals surface area contributed by atoms with Gasteiger partial charge in [0.25, 0.3) is 5.69 Å². The highest BCUT2D eigenvalue weighted by atomic mass is 16.7. The van der Waals surface area contributed by atoms with Crippen LogP contribution in [-0.2, 0) is 32.2 Å². The van der Waals surface area contributed by atoms with Crippen molar-refractivity contribution in [2.45, 2.75) is 38.1 Å². The molecule has 0 spiro atoms. The molecule has 1 fully saturated rings. The molecule has 4 rings (SSSR count). The Hall–Kier alpha value is -3.59. The number of carbonyl (C=O) groups is 1. The third kappa shape index (κ3) is 6.48. The molecule has 3 atom stereocenters. The van der Waals surface area contributed by atoms with Gasteiger partial charge >= 0.3 is 5.97 Å². The molecule has 3 aromatic carbocycles. The van der Waals surface area contributed by atoms with Crippen LogP contribution in [-0.4, -0.2) is 36.0 Å². The number of benzene rings is 3. The lowest BCUT2D eigenvalue weighted by molar-refractivity contribution is -0.384. The fourth-order valence-electron chi connectivity index (χ4n) is 3.61. The molecule has 3 unspecified atom stereocenters. The largest absolute Gasteiger partial charge is 0.429 e. The highest BCUT2D eigenvalue weighted by Gasteiger charge is 2.39. The first kappa shape index (κ1) is 23.6. The van der Waals surface area contributed by atoms with Crippen molar-refractivity contribution in [2.24, 2.45) is 0 Å². The second kappa shape index (κ2) is 11.5. The predicted molar refractivity (Wildman–Crippen MR) is 123 cm³/mol. The predicted octanol–water partition coefficient (Wildman–Crippen LogP) is 4.67. The molecule has 1 heterocycles. The topological polar surface area (TPSA) is 97.1 Å². The van der Waals surface area contributed by atoms with E-state index < -0.39 is 23.3 Å². The highest BCUT2D eigenvalue weighted by Crippen LogP contribution is 2.27. The van der Waals surface area contributed by atoms with Crippen molar-refractivity contribution in [3.8, 4) is 0 Å². The fourth-order valence-corrected chi connectivity index (χ4v) is 3.61. The molecule has 8 heteroatoms. The minimum absolute atomic E-state index is 0.103. The molecule has 0 amide bonds. The summed E-state index contributed by atoms with van der Waals surface area (Å²) in [5.74, 6) is -0.640. The summed E-state index contributed by atoms with van der Waals surface area (Å²) >= 11 is 0. The number of esters is 1. The average Bonchev–Trinajstić information content (AvgIpc) is 3.25. The molecule has 34 heavy (non-hydrogen) atoms. The van der Waals surface area contributed by atoms with E-state index in [-0.39, 0.29) is 17.4 Å². The summed E-state index contributed by atoms with van der Waals surface area (Å²) in [6, 6.07) is 24.7. The minimum atomic E-state index is -0.920. The van der Waals surface area contributed by atoms with E-state index in [1.54, 1.807) is 0 Å². The summed E-state index contributed by atoms with van der Waals surface area (Å²) < 4.78 is 23.4. The zero-order valence-corrected chi connectivity index (χ0v) is 18.4. The first-order chi connectivity index (χ1) is 16.6. The van der Waals surface area contributed by atoms with Crippen LogP contribution in [0, 0.1) is 10.1 Å². The molecule has 1 aliphatic heterocycles. The van der Waals surface area contributed by atoms with Gasteiger partial charge in [-0.1, -0.05) is 60.7 Å². The molecule has 0 N–H and O–H groups in total. The second-order valence-corrected chi connectivity index (χ2v) is 7.91. The molecular weight excluding hydrogens is 438 g/mol. The third-order valence-corrected chi connectivity index (χ3v) is 5.38. The summed E-state index contributed by atoms with van der Waals surface area (Å²) in [5.41, 5.74) is 2.14. The normalized spacial score (nSPS) is 19.6.